The summed E-state index contributed by atoms with van der Waals surface area (Å²) in [6.45, 7) is 2.84. The lowest BCUT2D eigenvalue weighted by Gasteiger charge is -2.23. The highest BCUT2D eigenvalue weighted by molar-refractivity contribution is 8.00. The van der Waals surface area contributed by atoms with Gasteiger partial charge in [0.05, 0.1) is 29.9 Å². The van der Waals surface area contributed by atoms with E-state index in [1.54, 1.807) is 30.6 Å². The molecule has 0 saturated heterocycles. The lowest BCUT2D eigenvalue weighted by molar-refractivity contribution is 0.0929. The van der Waals surface area contributed by atoms with Crippen molar-refractivity contribution < 1.29 is 18.3 Å². The van der Waals surface area contributed by atoms with Gasteiger partial charge in [-0.2, -0.15) is 8.78 Å². The van der Waals surface area contributed by atoms with Crippen molar-refractivity contribution in [1.82, 2.24) is 25.2 Å². The van der Waals surface area contributed by atoms with Crippen molar-refractivity contribution in [3.63, 3.8) is 0 Å². The highest BCUT2D eigenvalue weighted by Crippen LogP contribution is 2.27. The van der Waals surface area contributed by atoms with Crippen LogP contribution in [0.3, 0.4) is 0 Å². The zero-order valence-corrected chi connectivity index (χ0v) is 19.9. The molecule has 2 N–H and O–H groups in total. The molecule has 33 heavy (non-hydrogen) atoms. The Labute approximate surface area is 198 Å². The molecule has 1 unspecified atom stereocenters. The first kappa shape index (κ1) is 24.8. The van der Waals surface area contributed by atoms with E-state index in [4.69, 9.17) is 4.74 Å². The largest absolute Gasteiger partial charge is 0.477 e. The fraction of sp³-hybridized carbons (Fsp3) is 0.333. The van der Waals surface area contributed by atoms with E-state index >= 15 is 0 Å². The van der Waals surface area contributed by atoms with Crippen LogP contribution in [-0.4, -0.2) is 58.8 Å². The maximum absolute atomic E-state index is 13.0. The van der Waals surface area contributed by atoms with E-state index < -0.39 is 5.76 Å². The number of rotatable bonds is 11. The van der Waals surface area contributed by atoms with E-state index in [2.05, 4.69) is 25.0 Å². The summed E-state index contributed by atoms with van der Waals surface area (Å²) in [6.07, 6.45) is 4.69. The van der Waals surface area contributed by atoms with Crippen LogP contribution >= 0.6 is 23.3 Å². The molecule has 8 nitrogen and oxygen atoms in total. The predicted molar refractivity (Wildman–Crippen MR) is 127 cm³/mol. The number of ether oxygens (including phenoxy) is 1. The molecule has 1 atom stereocenters. The minimum atomic E-state index is -2.54. The first-order chi connectivity index (χ1) is 15.9. The number of anilines is 1. The van der Waals surface area contributed by atoms with E-state index in [9.17, 15) is 13.6 Å². The molecule has 176 valence electrons. The van der Waals surface area contributed by atoms with Crippen LogP contribution in [0.5, 0.6) is 5.88 Å². The molecule has 0 aliphatic rings. The maximum atomic E-state index is 13.0. The zero-order chi connectivity index (χ0) is 23.8. The summed E-state index contributed by atoms with van der Waals surface area (Å²) in [7, 11) is 3.78. The van der Waals surface area contributed by atoms with Crippen LogP contribution in [0.25, 0.3) is 10.6 Å². The molecule has 1 amide bonds. The molecule has 0 saturated carbocycles. The van der Waals surface area contributed by atoms with Gasteiger partial charge in [0.15, 0.2) is 5.01 Å². The Balaban J connectivity index is 1.76. The Morgan fingerprint density at radius 3 is 2.82 bits per heavy atom. The van der Waals surface area contributed by atoms with Gasteiger partial charge in [0.2, 0.25) is 5.88 Å². The van der Waals surface area contributed by atoms with E-state index in [1.165, 1.54) is 17.5 Å². The number of hydrogen-bond donors (Lipinski definition) is 2. The van der Waals surface area contributed by atoms with Crippen molar-refractivity contribution >= 4 is 34.9 Å². The monoisotopic (exact) mass is 494 g/mol. The molecule has 3 aromatic rings. The first-order valence-electron chi connectivity index (χ1n) is 10.0. The average Bonchev–Trinajstić information content (AvgIpc) is 3.28. The molecule has 3 rings (SSSR count). The Morgan fingerprint density at radius 1 is 1.27 bits per heavy atom. The second kappa shape index (κ2) is 11.9. The fourth-order valence-electron chi connectivity index (χ4n) is 2.93. The number of nitrogens with one attached hydrogen (secondary N) is 2. The maximum Gasteiger partial charge on any atom is 0.302 e. The quantitative estimate of drug-likeness (QED) is 0.381. The lowest BCUT2D eigenvalue weighted by atomic mass is 10.1. The van der Waals surface area contributed by atoms with Gasteiger partial charge in [-0.3, -0.25) is 9.78 Å². The minimum Gasteiger partial charge on any atom is -0.477 e. The number of aromatic nitrogens is 3. The molecule has 0 aliphatic heterocycles. The summed E-state index contributed by atoms with van der Waals surface area (Å²) in [5.74, 6) is -2.48. The summed E-state index contributed by atoms with van der Waals surface area (Å²) in [5, 5.41) is 3.27. The highest BCUT2D eigenvalue weighted by atomic mass is 32.2. The topological polar surface area (TPSA) is 92.3 Å². The van der Waals surface area contributed by atoms with Gasteiger partial charge in [0.25, 0.3) is 5.91 Å². The molecule has 2 heterocycles. The van der Waals surface area contributed by atoms with Gasteiger partial charge in [-0.05, 0) is 38.7 Å². The van der Waals surface area contributed by atoms with Crippen LogP contribution in [0.15, 0.2) is 42.9 Å². The third kappa shape index (κ3) is 7.34. The van der Waals surface area contributed by atoms with Crippen LogP contribution in [0.1, 0.15) is 28.3 Å². The smallest absolute Gasteiger partial charge is 0.302 e. The van der Waals surface area contributed by atoms with Crippen molar-refractivity contribution in [1.29, 1.82) is 0 Å². The SMILES string of the molecule is CCOc1cncc(-c2cnc(C(=O)NC(CN(C)C)c3cccc(NSC(F)F)c3)s2)n1. The Hall–Kier alpha value is -2.83. The second-order valence-corrected chi connectivity index (χ2v) is 8.93. The van der Waals surface area contributed by atoms with Crippen LogP contribution in [0.2, 0.25) is 0 Å². The van der Waals surface area contributed by atoms with Crippen LogP contribution in [-0.2, 0) is 0 Å². The molecule has 0 spiro atoms. The number of halogens is 2. The van der Waals surface area contributed by atoms with Crippen molar-refractivity contribution in [2.24, 2.45) is 0 Å². The molecule has 0 fully saturated rings. The molecule has 0 bridgehead atoms. The standard InChI is InChI=1S/C21H24F2N6O2S2/c1-4-31-18-11-24-9-15(26-18)17-10-25-20(32-17)19(30)27-16(12-29(2)3)13-6-5-7-14(8-13)28-33-21(22)23/h5-11,16,21,28H,4,12H2,1-3H3,(H,27,30). The third-order valence-corrected chi connectivity index (χ3v) is 5.82. The Bertz CT molecular complexity index is 1070. The van der Waals surface area contributed by atoms with E-state index in [0.29, 0.717) is 47.2 Å². The van der Waals surface area contributed by atoms with Crippen molar-refractivity contribution in [2.75, 3.05) is 32.0 Å². The number of benzene rings is 1. The first-order valence-corrected chi connectivity index (χ1v) is 11.7. The van der Waals surface area contributed by atoms with Gasteiger partial charge < -0.3 is 19.7 Å². The van der Waals surface area contributed by atoms with Gasteiger partial charge in [0, 0.05) is 30.4 Å². The number of alkyl halides is 2. The fourth-order valence-corrected chi connectivity index (χ4v) is 4.06. The summed E-state index contributed by atoms with van der Waals surface area (Å²) in [4.78, 5) is 28.3. The van der Waals surface area contributed by atoms with Crippen LogP contribution in [0.4, 0.5) is 14.5 Å². The third-order valence-electron chi connectivity index (χ3n) is 4.26. The zero-order valence-electron chi connectivity index (χ0n) is 18.3. The molecule has 2 aromatic heterocycles. The number of hydrogen-bond acceptors (Lipinski definition) is 9. The van der Waals surface area contributed by atoms with Crippen LogP contribution in [0, 0.1) is 0 Å². The molecular weight excluding hydrogens is 470 g/mol. The number of carbonyl (C=O) groups is 1. The van der Waals surface area contributed by atoms with Crippen molar-refractivity contribution in [3.05, 3.63) is 53.4 Å². The minimum absolute atomic E-state index is 0.278. The van der Waals surface area contributed by atoms with Crippen molar-refractivity contribution in [3.8, 4) is 16.5 Å². The average molecular weight is 495 g/mol. The van der Waals surface area contributed by atoms with E-state index in [0.717, 1.165) is 5.56 Å². The normalized spacial score (nSPS) is 12.1. The molecule has 0 aliphatic carbocycles. The predicted octanol–water partition coefficient (Wildman–Crippen LogP) is 4.31. The van der Waals surface area contributed by atoms with E-state index in [-0.39, 0.29) is 17.0 Å². The number of carbonyl (C=O) groups excluding carboxylic acids is 1. The van der Waals surface area contributed by atoms with Gasteiger partial charge in [0.1, 0.15) is 5.69 Å². The van der Waals surface area contributed by atoms with Gasteiger partial charge in [-0.15, -0.1) is 11.3 Å². The lowest BCUT2D eigenvalue weighted by Crippen LogP contribution is -2.35. The summed E-state index contributed by atoms with van der Waals surface area (Å²) in [6, 6.07) is 6.65. The highest BCUT2D eigenvalue weighted by Gasteiger charge is 2.20. The van der Waals surface area contributed by atoms with Gasteiger partial charge >= 0.3 is 5.76 Å². The number of amides is 1. The van der Waals surface area contributed by atoms with Gasteiger partial charge in [-0.25, -0.2) is 9.97 Å². The Kier molecular flexibility index (Phi) is 8.92. The number of thiazole rings is 1. The van der Waals surface area contributed by atoms with Gasteiger partial charge in [-0.1, -0.05) is 12.1 Å². The Morgan fingerprint density at radius 2 is 2.09 bits per heavy atom. The molecular formula is C21H24F2N6O2S2. The molecule has 0 radical (unpaired) electrons. The van der Waals surface area contributed by atoms with Crippen molar-refractivity contribution in [2.45, 2.75) is 18.7 Å². The summed E-state index contributed by atoms with van der Waals surface area (Å²) < 4.78 is 33.0. The van der Waals surface area contributed by atoms with Crippen LogP contribution < -0.4 is 14.8 Å². The second-order valence-electron chi connectivity index (χ2n) is 7.10. The number of likely N-dealkylation sites (N-methyl/N-ethyl adjacent to an activating group) is 1. The summed E-state index contributed by atoms with van der Waals surface area (Å²) in [5.41, 5.74) is 1.88. The number of nitrogens with zero attached hydrogens (tertiary/aromatic N) is 4. The molecule has 12 heteroatoms. The van der Waals surface area contributed by atoms with E-state index in [1.807, 2.05) is 32.0 Å². The molecule has 1 aromatic carbocycles. The summed E-state index contributed by atoms with van der Waals surface area (Å²) >= 11 is 1.52.